The minimum atomic E-state index is -1.43. The first-order chi connectivity index (χ1) is 8.56. The average molecular weight is 252 g/mol. The predicted octanol–water partition coefficient (Wildman–Crippen LogP) is 1.24. The molecule has 0 unspecified atom stereocenters. The Kier molecular flexibility index (Phi) is 5.01. The van der Waals surface area contributed by atoms with Crippen molar-refractivity contribution < 1.29 is 19.1 Å². The lowest BCUT2D eigenvalue weighted by Crippen LogP contribution is -2.28. The van der Waals surface area contributed by atoms with E-state index in [0.717, 1.165) is 6.07 Å². The summed E-state index contributed by atoms with van der Waals surface area (Å²) >= 11 is 0. The van der Waals surface area contributed by atoms with Crippen molar-refractivity contribution in [2.24, 2.45) is 0 Å². The molecule has 18 heavy (non-hydrogen) atoms. The maximum Gasteiger partial charge on any atom is 0.340 e. The summed E-state index contributed by atoms with van der Waals surface area (Å²) in [5.41, 5.74) is -0.609. The maximum atomic E-state index is 13.3. The van der Waals surface area contributed by atoms with Crippen LogP contribution in [0.15, 0.2) is 30.9 Å². The van der Waals surface area contributed by atoms with Crippen LogP contribution >= 0.6 is 0 Å². The van der Waals surface area contributed by atoms with Crippen LogP contribution in [0.4, 0.5) is 10.1 Å². The number of carbonyl (C=O) groups is 2. The van der Waals surface area contributed by atoms with Gasteiger partial charge in [0.15, 0.2) is 0 Å². The van der Waals surface area contributed by atoms with E-state index in [1.54, 1.807) is 6.08 Å². The van der Waals surface area contributed by atoms with E-state index in [9.17, 15) is 14.0 Å². The zero-order chi connectivity index (χ0) is 13.5. The third-order valence-electron chi connectivity index (χ3n) is 2.08. The van der Waals surface area contributed by atoms with Gasteiger partial charge in [-0.25, -0.2) is 9.18 Å². The van der Waals surface area contributed by atoms with Gasteiger partial charge in [-0.15, -0.1) is 6.58 Å². The van der Waals surface area contributed by atoms with Gasteiger partial charge in [0, 0.05) is 6.54 Å². The van der Waals surface area contributed by atoms with Crippen LogP contribution in [0.25, 0.3) is 0 Å². The van der Waals surface area contributed by atoms with Crippen LogP contribution in [0.3, 0.4) is 0 Å². The Balaban J connectivity index is 2.78. The molecule has 0 bridgehead atoms. The van der Waals surface area contributed by atoms with Crippen LogP contribution in [0.1, 0.15) is 10.4 Å². The van der Waals surface area contributed by atoms with Crippen molar-refractivity contribution in [1.82, 2.24) is 5.32 Å². The molecule has 96 valence electrons. The Morgan fingerprint density at radius 1 is 1.44 bits per heavy atom. The fraction of sp³-hybridized carbons (Fsp3) is 0.167. The molecule has 0 radical (unpaired) electrons. The molecule has 0 heterocycles. The molecule has 1 aromatic rings. The lowest BCUT2D eigenvalue weighted by Gasteiger charge is -2.09. The van der Waals surface area contributed by atoms with E-state index < -0.39 is 23.3 Å². The van der Waals surface area contributed by atoms with Crippen LogP contribution in [-0.2, 0) is 4.79 Å². The molecule has 6 heteroatoms. The smallest absolute Gasteiger partial charge is 0.340 e. The normalized spacial score (nSPS) is 9.83. The summed E-state index contributed by atoms with van der Waals surface area (Å²) in [5.74, 6) is -2.77. The molecule has 0 aromatic heterocycles. The summed E-state index contributed by atoms with van der Waals surface area (Å²) in [4.78, 5) is 22.3. The second-order valence-electron chi connectivity index (χ2n) is 3.44. The fourth-order valence-corrected chi connectivity index (χ4v) is 1.33. The highest BCUT2D eigenvalue weighted by Gasteiger charge is 2.16. The summed E-state index contributed by atoms with van der Waals surface area (Å²) in [6.07, 6.45) is 1.58. The summed E-state index contributed by atoms with van der Waals surface area (Å²) < 4.78 is 13.3. The Bertz CT molecular complexity index is 474. The van der Waals surface area contributed by atoms with Crippen molar-refractivity contribution in [3.05, 3.63) is 42.2 Å². The van der Waals surface area contributed by atoms with Crippen molar-refractivity contribution in [3.8, 4) is 0 Å². The van der Waals surface area contributed by atoms with Crippen LogP contribution in [0.2, 0.25) is 0 Å². The first-order valence-electron chi connectivity index (χ1n) is 5.19. The average Bonchev–Trinajstić information content (AvgIpc) is 2.28. The van der Waals surface area contributed by atoms with Crippen molar-refractivity contribution >= 4 is 17.6 Å². The largest absolute Gasteiger partial charge is 0.478 e. The number of anilines is 1. The summed E-state index contributed by atoms with van der Waals surface area (Å²) in [7, 11) is 0. The molecular weight excluding hydrogens is 239 g/mol. The number of carboxylic acids is 1. The Morgan fingerprint density at radius 2 is 2.17 bits per heavy atom. The number of halogens is 1. The quantitative estimate of drug-likeness (QED) is 0.525. The second-order valence-corrected chi connectivity index (χ2v) is 3.44. The van der Waals surface area contributed by atoms with Crippen molar-refractivity contribution in [2.45, 2.75) is 0 Å². The Labute approximate surface area is 103 Å². The summed E-state index contributed by atoms with van der Waals surface area (Å²) in [6, 6.07) is 3.68. The van der Waals surface area contributed by atoms with Crippen LogP contribution in [0, 0.1) is 5.82 Å². The standard InChI is InChI=1S/C12H13FN2O3/c1-2-6-14-7-10(16)15-9-5-3-4-8(13)11(9)12(17)18/h2-5,14H,1,6-7H2,(H,15,16)(H,17,18). The predicted molar refractivity (Wildman–Crippen MR) is 65.1 cm³/mol. The number of carboxylic acid groups (broad SMARTS) is 1. The first-order valence-corrected chi connectivity index (χ1v) is 5.19. The van der Waals surface area contributed by atoms with Gasteiger partial charge in [-0.3, -0.25) is 4.79 Å². The van der Waals surface area contributed by atoms with Gasteiger partial charge in [-0.2, -0.15) is 0 Å². The molecule has 3 N–H and O–H groups in total. The number of benzene rings is 1. The first kappa shape index (κ1) is 13.9. The minimum absolute atomic E-state index is 0.0123. The number of aromatic carboxylic acids is 1. The third-order valence-corrected chi connectivity index (χ3v) is 2.08. The van der Waals surface area contributed by atoms with Crippen molar-refractivity contribution in [2.75, 3.05) is 18.4 Å². The van der Waals surface area contributed by atoms with Gasteiger partial charge in [0.1, 0.15) is 11.4 Å². The molecule has 0 saturated heterocycles. The van der Waals surface area contributed by atoms with Crippen LogP contribution in [0.5, 0.6) is 0 Å². The fourth-order valence-electron chi connectivity index (χ4n) is 1.33. The van der Waals surface area contributed by atoms with E-state index in [1.165, 1.54) is 12.1 Å². The minimum Gasteiger partial charge on any atom is -0.478 e. The number of hydrogen-bond donors (Lipinski definition) is 3. The van der Waals surface area contributed by atoms with Gasteiger partial charge in [-0.05, 0) is 12.1 Å². The molecule has 0 aliphatic heterocycles. The highest BCUT2D eigenvalue weighted by Crippen LogP contribution is 2.18. The van der Waals surface area contributed by atoms with E-state index in [1.807, 2.05) is 0 Å². The Hall–Kier alpha value is -2.21. The lowest BCUT2D eigenvalue weighted by molar-refractivity contribution is -0.115. The van der Waals surface area contributed by atoms with E-state index in [2.05, 4.69) is 17.2 Å². The molecular formula is C12H13FN2O3. The molecule has 0 atom stereocenters. The SMILES string of the molecule is C=CCNCC(=O)Nc1cccc(F)c1C(=O)O. The molecule has 1 amide bonds. The zero-order valence-electron chi connectivity index (χ0n) is 9.57. The topological polar surface area (TPSA) is 78.4 Å². The highest BCUT2D eigenvalue weighted by atomic mass is 19.1. The van der Waals surface area contributed by atoms with Crippen molar-refractivity contribution in [1.29, 1.82) is 0 Å². The van der Waals surface area contributed by atoms with E-state index in [0.29, 0.717) is 6.54 Å². The van der Waals surface area contributed by atoms with Crippen LogP contribution in [-0.4, -0.2) is 30.1 Å². The van der Waals surface area contributed by atoms with E-state index >= 15 is 0 Å². The summed E-state index contributed by atoms with van der Waals surface area (Å²) in [5, 5.41) is 13.9. The molecule has 0 saturated carbocycles. The van der Waals surface area contributed by atoms with Crippen LogP contribution < -0.4 is 10.6 Å². The van der Waals surface area contributed by atoms with Crippen molar-refractivity contribution in [3.63, 3.8) is 0 Å². The number of rotatable bonds is 6. The maximum absolute atomic E-state index is 13.3. The molecule has 1 rings (SSSR count). The lowest BCUT2D eigenvalue weighted by atomic mass is 10.1. The number of nitrogens with one attached hydrogen (secondary N) is 2. The number of carbonyl (C=O) groups excluding carboxylic acids is 1. The van der Waals surface area contributed by atoms with Gasteiger partial charge in [0.05, 0.1) is 12.2 Å². The molecule has 1 aromatic carbocycles. The van der Waals surface area contributed by atoms with Gasteiger partial charge < -0.3 is 15.7 Å². The molecule has 0 fully saturated rings. The molecule has 0 aliphatic rings. The molecule has 5 nitrogen and oxygen atoms in total. The van der Waals surface area contributed by atoms with Gasteiger partial charge in [0.25, 0.3) is 0 Å². The zero-order valence-corrected chi connectivity index (χ0v) is 9.57. The number of hydrogen-bond acceptors (Lipinski definition) is 3. The molecule has 0 spiro atoms. The van der Waals surface area contributed by atoms with E-state index in [-0.39, 0.29) is 12.2 Å². The second kappa shape index (κ2) is 6.51. The van der Waals surface area contributed by atoms with Gasteiger partial charge >= 0.3 is 5.97 Å². The van der Waals surface area contributed by atoms with Gasteiger partial charge in [-0.1, -0.05) is 12.1 Å². The van der Waals surface area contributed by atoms with E-state index in [4.69, 9.17) is 5.11 Å². The highest BCUT2D eigenvalue weighted by molar-refractivity contribution is 6.01. The van der Waals surface area contributed by atoms with Gasteiger partial charge in [0.2, 0.25) is 5.91 Å². The monoisotopic (exact) mass is 252 g/mol. The number of amides is 1. The molecule has 0 aliphatic carbocycles. The Morgan fingerprint density at radius 3 is 2.78 bits per heavy atom. The summed E-state index contributed by atoms with van der Waals surface area (Å²) in [6.45, 7) is 3.90. The third kappa shape index (κ3) is 3.67.